The second-order valence-electron chi connectivity index (χ2n) is 5.68. The van der Waals surface area contributed by atoms with Gasteiger partial charge < -0.3 is 5.73 Å². The van der Waals surface area contributed by atoms with Crippen LogP contribution in [0.1, 0.15) is 43.0 Å². The van der Waals surface area contributed by atoms with Gasteiger partial charge in [-0.3, -0.25) is 0 Å². The Morgan fingerprint density at radius 2 is 1.65 bits per heavy atom. The van der Waals surface area contributed by atoms with Crippen LogP contribution in [0.15, 0.2) is 12.1 Å². The summed E-state index contributed by atoms with van der Waals surface area (Å²) in [6.07, 6.45) is 0. The zero-order valence-corrected chi connectivity index (χ0v) is 12.6. The molecular formula is C15H25NS. The molecule has 0 saturated heterocycles. The average Bonchev–Trinajstić information content (AvgIpc) is 2.20. The summed E-state index contributed by atoms with van der Waals surface area (Å²) < 4.78 is 0. The molecule has 0 spiro atoms. The van der Waals surface area contributed by atoms with Gasteiger partial charge in [0.15, 0.2) is 0 Å². The van der Waals surface area contributed by atoms with Crippen LogP contribution in [0, 0.1) is 13.8 Å². The van der Waals surface area contributed by atoms with Gasteiger partial charge in [-0.1, -0.05) is 32.9 Å². The third-order valence-corrected chi connectivity index (χ3v) is 4.09. The van der Waals surface area contributed by atoms with Crippen LogP contribution in [0.5, 0.6) is 0 Å². The Balaban J connectivity index is 2.95. The predicted molar refractivity (Wildman–Crippen MR) is 79.8 cm³/mol. The lowest BCUT2D eigenvalue weighted by Crippen LogP contribution is -2.12. The summed E-state index contributed by atoms with van der Waals surface area (Å²) in [6.45, 7) is 12.0. The molecule has 0 aliphatic rings. The molecule has 17 heavy (non-hydrogen) atoms. The minimum absolute atomic E-state index is 0.235. The molecule has 0 atom stereocenters. The smallest absolute Gasteiger partial charge is 0.0190 e. The Kier molecular flexibility index (Phi) is 5.08. The van der Waals surface area contributed by atoms with Crippen molar-refractivity contribution in [2.75, 3.05) is 12.3 Å². The molecule has 1 aromatic carbocycles. The van der Waals surface area contributed by atoms with Gasteiger partial charge in [-0.05, 0) is 41.5 Å². The second kappa shape index (κ2) is 5.92. The van der Waals surface area contributed by atoms with Gasteiger partial charge in [0.1, 0.15) is 0 Å². The number of aryl methyl sites for hydroxylation is 2. The minimum atomic E-state index is 0.235. The molecule has 0 aromatic heterocycles. The van der Waals surface area contributed by atoms with Gasteiger partial charge in [0.2, 0.25) is 0 Å². The molecule has 1 nitrogen and oxygen atoms in total. The standard InChI is InChI=1S/C15H25NS/c1-11-8-13(15(3,4)5)9-12(2)14(11)10-17-7-6-16/h8-9H,6-7,10,16H2,1-5H3. The van der Waals surface area contributed by atoms with E-state index in [0.717, 1.165) is 18.1 Å². The highest BCUT2D eigenvalue weighted by Gasteiger charge is 2.16. The summed E-state index contributed by atoms with van der Waals surface area (Å²) in [5.74, 6) is 2.12. The summed E-state index contributed by atoms with van der Waals surface area (Å²) >= 11 is 1.92. The van der Waals surface area contributed by atoms with E-state index in [1.165, 1.54) is 22.3 Å². The predicted octanol–water partition coefficient (Wildman–Crippen LogP) is 3.79. The van der Waals surface area contributed by atoms with Crippen molar-refractivity contribution in [1.82, 2.24) is 0 Å². The second-order valence-corrected chi connectivity index (χ2v) is 6.79. The number of benzene rings is 1. The first-order valence-electron chi connectivity index (χ1n) is 6.24. The van der Waals surface area contributed by atoms with Crippen molar-refractivity contribution < 1.29 is 0 Å². The Morgan fingerprint density at radius 1 is 1.12 bits per heavy atom. The maximum atomic E-state index is 5.53. The third kappa shape index (κ3) is 4.04. The maximum Gasteiger partial charge on any atom is 0.0190 e. The van der Waals surface area contributed by atoms with Crippen molar-refractivity contribution in [2.24, 2.45) is 5.73 Å². The highest BCUT2D eigenvalue weighted by molar-refractivity contribution is 7.98. The van der Waals surface area contributed by atoms with E-state index in [2.05, 4.69) is 46.8 Å². The number of rotatable bonds is 4. The molecule has 2 N–H and O–H groups in total. The topological polar surface area (TPSA) is 26.0 Å². The monoisotopic (exact) mass is 251 g/mol. The van der Waals surface area contributed by atoms with E-state index in [1.807, 2.05) is 11.8 Å². The molecule has 0 radical (unpaired) electrons. The fraction of sp³-hybridized carbons (Fsp3) is 0.600. The van der Waals surface area contributed by atoms with E-state index < -0.39 is 0 Å². The quantitative estimate of drug-likeness (QED) is 0.824. The van der Waals surface area contributed by atoms with Crippen LogP contribution in [0.25, 0.3) is 0 Å². The molecular weight excluding hydrogens is 226 g/mol. The molecule has 0 fully saturated rings. The normalized spacial score (nSPS) is 11.9. The van der Waals surface area contributed by atoms with Crippen LogP contribution in [-0.2, 0) is 11.2 Å². The van der Waals surface area contributed by atoms with Gasteiger partial charge in [0.05, 0.1) is 0 Å². The summed E-state index contributed by atoms with van der Waals surface area (Å²) in [5, 5.41) is 0. The molecule has 1 rings (SSSR count). The first kappa shape index (κ1) is 14.6. The molecule has 0 unspecified atom stereocenters. The Hall–Kier alpha value is -0.470. The molecule has 0 saturated carbocycles. The van der Waals surface area contributed by atoms with Crippen molar-refractivity contribution in [3.8, 4) is 0 Å². The van der Waals surface area contributed by atoms with Crippen LogP contribution in [0.4, 0.5) is 0 Å². The summed E-state index contributed by atoms with van der Waals surface area (Å²) in [5.41, 5.74) is 11.5. The summed E-state index contributed by atoms with van der Waals surface area (Å²) in [4.78, 5) is 0. The fourth-order valence-corrected chi connectivity index (χ4v) is 2.88. The largest absolute Gasteiger partial charge is 0.330 e. The lowest BCUT2D eigenvalue weighted by molar-refractivity contribution is 0.589. The van der Waals surface area contributed by atoms with Crippen molar-refractivity contribution >= 4 is 11.8 Å². The van der Waals surface area contributed by atoms with Crippen LogP contribution in [-0.4, -0.2) is 12.3 Å². The lowest BCUT2D eigenvalue weighted by atomic mass is 9.84. The van der Waals surface area contributed by atoms with Gasteiger partial charge >= 0.3 is 0 Å². The fourth-order valence-electron chi connectivity index (χ4n) is 1.91. The van der Waals surface area contributed by atoms with Gasteiger partial charge in [-0.25, -0.2) is 0 Å². The van der Waals surface area contributed by atoms with Crippen LogP contribution < -0.4 is 5.73 Å². The molecule has 0 heterocycles. The van der Waals surface area contributed by atoms with E-state index in [0.29, 0.717) is 0 Å². The number of thioether (sulfide) groups is 1. The van der Waals surface area contributed by atoms with Crippen molar-refractivity contribution in [3.05, 3.63) is 34.4 Å². The van der Waals surface area contributed by atoms with Crippen LogP contribution in [0.3, 0.4) is 0 Å². The van der Waals surface area contributed by atoms with E-state index in [1.54, 1.807) is 0 Å². The van der Waals surface area contributed by atoms with Gasteiger partial charge in [-0.15, -0.1) is 0 Å². The number of hydrogen-bond acceptors (Lipinski definition) is 2. The van der Waals surface area contributed by atoms with Gasteiger partial charge in [-0.2, -0.15) is 11.8 Å². The van der Waals surface area contributed by atoms with E-state index in [9.17, 15) is 0 Å². The molecule has 0 bridgehead atoms. The number of hydrogen-bond donors (Lipinski definition) is 1. The summed E-state index contributed by atoms with van der Waals surface area (Å²) in [6, 6.07) is 4.68. The van der Waals surface area contributed by atoms with Gasteiger partial charge in [0.25, 0.3) is 0 Å². The van der Waals surface area contributed by atoms with Gasteiger partial charge in [0, 0.05) is 18.1 Å². The molecule has 0 aliphatic carbocycles. The molecule has 1 aromatic rings. The SMILES string of the molecule is Cc1cc(C(C)(C)C)cc(C)c1CSCCN. The third-order valence-electron chi connectivity index (χ3n) is 3.07. The molecule has 0 aliphatic heterocycles. The zero-order chi connectivity index (χ0) is 13.1. The molecule has 2 heteroatoms. The highest BCUT2D eigenvalue weighted by Crippen LogP contribution is 2.28. The van der Waals surface area contributed by atoms with Crippen LogP contribution in [0.2, 0.25) is 0 Å². The lowest BCUT2D eigenvalue weighted by Gasteiger charge is -2.22. The minimum Gasteiger partial charge on any atom is -0.330 e. The number of nitrogens with two attached hydrogens (primary N) is 1. The Morgan fingerprint density at radius 3 is 2.06 bits per heavy atom. The molecule has 0 amide bonds. The Bertz CT molecular complexity index is 354. The maximum absolute atomic E-state index is 5.53. The first-order valence-corrected chi connectivity index (χ1v) is 7.40. The average molecular weight is 251 g/mol. The van der Waals surface area contributed by atoms with Crippen LogP contribution >= 0.6 is 11.8 Å². The summed E-state index contributed by atoms with van der Waals surface area (Å²) in [7, 11) is 0. The Labute approximate surface area is 110 Å². The highest BCUT2D eigenvalue weighted by atomic mass is 32.2. The van der Waals surface area contributed by atoms with Crippen molar-refractivity contribution in [1.29, 1.82) is 0 Å². The van der Waals surface area contributed by atoms with E-state index >= 15 is 0 Å². The van der Waals surface area contributed by atoms with E-state index in [-0.39, 0.29) is 5.41 Å². The van der Waals surface area contributed by atoms with E-state index in [4.69, 9.17) is 5.73 Å². The molecule has 96 valence electrons. The van der Waals surface area contributed by atoms with Crippen molar-refractivity contribution in [3.63, 3.8) is 0 Å². The zero-order valence-electron chi connectivity index (χ0n) is 11.8. The van der Waals surface area contributed by atoms with Crippen molar-refractivity contribution in [2.45, 2.75) is 45.8 Å². The first-order chi connectivity index (χ1) is 7.86.